The third-order valence-electron chi connectivity index (χ3n) is 4.20. The molecular weight excluding hydrogens is 354 g/mol. The van der Waals surface area contributed by atoms with Crippen molar-refractivity contribution in [2.24, 2.45) is 0 Å². The third-order valence-corrected chi connectivity index (χ3v) is 4.53. The van der Waals surface area contributed by atoms with Crippen LogP contribution in [-0.2, 0) is 0 Å². The van der Waals surface area contributed by atoms with Crippen molar-refractivity contribution in [3.8, 4) is 0 Å². The number of hydrogen-bond acceptors (Lipinski definition) is 4. The van der Waals surface area contributed by atoms with Gasteiger partial charge in [0.05, 0.1) is 22.5 Å². The minimum atomic E-state index is -0.969. The Morgan fingerprint density at radius 1 is 1.31 bits per heavy atom. The highest BCUT2D eigenvalue weighted by Gasteiger charge is 2.16. The number of hydrogen-bond donors (Lipinski definition) is 3. The van der Waals surface area contributed by atoms with E-state index < -0.39 is 5.97 Å². The molecule has 7 heteroatoms. The Morgan fingerprint density at radius 2 is 2.00 bits per heavy atom. The molecule has 1 heterocycles. The number of carboxylic acids is 1. The minimum absolute atomic E-state index is 0.136. The van der Waals surface area contributed by atoms with Gasteiger partial charge in [0.15, 0.2) is 0 Å². The highest BCUT2D eigenvalue weighted by molar-refractivity contribution is 6.32. The molecule has 0 aliphatic heterocycles. The van der Waals surface area contributed by atoms with Crippen LogP contribution in [0.4, 0.5) is 5.69 Å². The zero-order chi connectivity index (χ0) is 18.8. The van der Waals surface area contributed by atoms with Gasteiger partial charge in [0.1, 0.15) is 5.82 Å². The van der Waals surface area contributed by atoms with Gasteiger partial charge in [-0.25, -0.2) is 9.78 Å². The van der Waals surface area contributed by atoms with Crippen LogP contribution in [-0.4, -0.2) is 21.0 Å². The van der Waals surface area contributed by atoms with E-state index in [1.165, 1.54) is 12.1 Å². The van der Waals surface area contributed by atoms with Crippen molar-refractivity contribution in [3.05, 3.63) is 68.7 Å². The van der Waals surface area contributed by atoms with Crippen LogP contribution in [0, 0.1) is 6.92 Å². The van der Waals surface area contributed by atoms with Crippen LogP contribution in [0.5, 0.6) is 0 Å². The predicted octanol–water partition coefficient (Wildman–Crippen LogP) is 4.15. The molecule has 134 valence electrons. The van der Waals surface area contributed by atoms with Crippen LogP contribution in [0.2, 0.25) is 5.02 Å². The normalized spacial score (nSPS) is 12.1. The Balaban J connectivity index is 1.98. The van der Waals surface area contributed by atoms with Gasteiger partial charge >= 0.3 is 5.97 Å². The number of rotatable bonds is 5. The molecule has 0 radical (unpaired) electrons. The van der Waals surface area contributed by atoms with Crippen LogP contribution in [0.1, 0.15) is 41.1 Å². The number of nitrogens with one attached hydrogen (secondary N) is 2. The number of benzene rings is 2. The minimum Gasteiger partial charge on any atom is -0.478 e. The Bertz CT molecular complexity index is 1030. The van der Waals surface area contributed by atoms with Gasteiger partial charge in [-0.05, 0) is 55.3 Å². The summed E-state index contributed by atoms with van der Waals surface area (Å²) in [6.07, 6.45) is 0.725. The molecule has 2 aromatic carbocycles. The first kappa shape index (κ1) is 17.9. The molecule has 0 fully saturated rings. The summed E-state index contributed by atoms with van der Waals surface area (Å²) in [5.41, 5.74) is 2.14. The number of nitrogens with zero attached hydrogens (tertiary/aromatic N) is 1. The fourth-order valence-electron chi connectivity index (χ4n) is 2.87. The van der Waals surface area contributed by atoms with Gasteiger partial charge in [0.2, 0.25) is 0 Å². The average Bonchev–Trinajstić information content (AvgIpc) is 2.59. The molecule has 3 rings (SSSR count). The summed E-state index contributed by atoms with van der Waals surface area (Å²) in [6.45, 7) is 3.72. The average molecular weight is 372 g/mol. The smallest absolute Gasteiger partial charge is 0.335 e. The molecule has 0 unspecified atom stereocenters. The second kappa shape index (κ2) is 7.17. The molecule has 0 saturated carbocycles. The van der Waals surface area contributed by atoms with Gasteiger partial charge in [-0.15, -0.1) is 0 Å². The third kappa shape index (κ3) is 3.55. The topological polar surface area (TPSA) is 95.1 Å². The van der Waals surface area contributed by atoms with E-state index in [4.69, 9.17) is 16.7 Å². The number of aromatic carboxylic acids is 1. The van der Waals surface area contributed by atoms with E-state index in [1.54, 1.807) is 31.2 Å². The highest BCUT2D eigenvalue weighted by atomic mass is 35.5. The van der Waals surface area contributed by atoms with Gasteiger partial charge in [-0.2, -0.15) is 0 Å². The molecule has 0 spiro atoms. The number of fused-ring (bicyclic) bond motifs is 1. The van der Waals surface area contributed by atoms with E-state index in [1.807, 2.05) is 6.92 Å². The SMILES string of the molecule is CC[C@H](Nc1ccc(C(=O)O)cc1)c1cc2c(=O)[nH]c(C)nc2cc1Cl. The largest absolute Gasteiger partial charge is 0.478 e. The summed E-state index contributed by atoms with van der Waals surface area (Å²) in [5.74, 6) is -0.432. The van der Waals surface area contributed by atoms with Crippen molar-refractivity contribution in [1.29, 1.82) is 0 Å². The molecule has 26 heavy (non-hydrogen) atoms. The molecule has 0 aliphatic carbocycles. The van der Waals surface area contributed by atoms with Gasteiger partial charge in [0.25, 0.3) is 5.56 Å². The van der Waals surface area contributed by atoms with Gasteiger partial charge in [-0.1, -0.05) is 18.5 Å². The number of aryl methyl sites for hydroxylation is 1. The monoisotopic (exact) mass is 371 g/mol. The molecular formula is C19H18ClN3O3. The molecule has 0 aliphatic rings. The maximum atomic E-state index is 12.2. The second-order valence-electron chi connectivity index (χ2n) is 6.03. The van der Waals surface area contributed by atoms with E-state index >= 15 is 0 Å². The Morgan fingerprint density at radius 3 is 2.62 bits per heavy atom. The highest BCUT2D eigenvalue weighted by Crippen LogP contribution is 2.31. The fourth-order valence-corrected chi connectivity index (χ4v) is 3.16. The predicted molar refractivity (Wildman–Crippen MR) is 102 cm³/mol. The lowest BCUT2D eigenvalue weighted by Crippen LogP contribution is -2.14. The zero-order valence-electron chi connectivity index (χ0n) is 14.3. The van der Waals surface area contributed by atoms with Crippen molar-refractivity contribution < 1.29 is 9.90 Å². The maximum Gasteiger partial charge on any atom is 0.335 e. The number of anilines is 1. The Hall–Kier alpha value is -2.86. The van der Waals surface area contributed by atoms with E-state index in [0.717, 1.165) is 17.7 Å². The van der Waals surface area contributed by atoms with E-state index in [2.05, 4.69) is 15.3 Å². The van der Waals surface area contributed by atoms with Crippen molar-refractivity contribution in [2.75, 3.05) is 5.32 Å². The summed E-state index contributed by atoms with van der Waals surface area (Å²) in [5, 5.41) is 13.3. The molecule has 0 amide bonds. The van der Waals surface area contributed by atoms with Crippen molar-refractivity contribution >= 4 is 34.2 Å². The standard InChI is InChI=1S/C19H18ClN3O3/c1-3-16(23-12-6-4-11(5-7-12)19(25)26)13-8-14-17(9-15(13)20)21-10(2)22-18(14)24/h4-9,16,23H,3H2,1-2H3,(H,25,26)(H,21,22,24)/t16-/m0/s1. The van der Waals surface area contributed by atoms with Crippen molar-refractivity contribution in [2.45, 2.75) is 26.3 Å². The lowest BCUT2D eigenvalue weighted by Gasteiger charge is -2.20. The summed E-state index contributed by atoms with van der Waals surface area (Å²) in [6, 6.07) is 9.82. The first-order chi connectivity index (χ1) is 12.4. The number of carboxylic acid groups (broad SMARTS) is 1. The summed E-state index contributed by atoms with van der Waals surface area (Å²) in [7, 11) is 0. The van der Waals surface area contributed by atoms with Crippen LogP contribution < -0.4 is 10.9 Å². The van der Waals surface area contributed by atoms with Crippen LogP contribution >= 0.6 is 11.6 Å². The van der Waals surface area contributed by atoms with Crippen LogP contribution in [0.25, 0.3) is 10.9 Å². The first-order valence-corrected chi connectivity index (χ1v) is 8.56. The molecule has 3 N–H and O–H groups in total. The van der Waals surface area contributed by atoms with Crippen LogP contribution in [0.3, 0.4) is 0 Å². The maximum absolute atomic E-state index is 12.2. The van der Waals surface area contributed by atoms with E-state index in [0.29, 0.717) is 21.7 Å². The van der Waals surface area contributed by atoms with E-state index in [-0.39, 0.29) is 17.2 Å². The number of carbonyl (C=O) groups is 1. The molecule has 3 aromatic rings. The lowest BCUT2D eigenvalue weighted by atomic mass is 10.0. The van der Waals surface area contributed by atoms with Crippen LogP contribution in [0.15, 0.2) is 41.2 Å². The summed E-state index contributed by atoms with van der Waals surface area (Å²) in [4.78, 5) is 30.2. The van der Waals surface area contributed by atoms with Gasteiger partial charge < -0.3 is 15.4 Å². The molecule has 1 aromatic heterocycles. The molecule has 0 saturated heterocycles. The number of aromatic nitrogens is 2. The van der Waals surface area contributed by atoms with Crippen molar-refractivity contribution in [3.63, 3.8) is 0 Å². The molecule has 1 atom stereocenters. The zero-order valence-corrected chi connectivity index (χ0v) is 15.1. The van der Waals surface area contributed by atoms with Crippen molar-refractivity contribution in [1.82, 2.24) is 9.97 Å². The number of aromatic amines is 1. The number of halogens is 1. The Labute approximate surface area is 154 Å². The van der Waals surface area contributed by atoms with E-state index in [9.17, 15) is 9.59 Å². The first-order valence-electron chi connectivity index (χ1n) is 8.19. The summed E-state index contributed by atoms with van der Waals surface area (Å²) < 4.78 is 0. The summed E-state index contributed by atoms with van der Waals surface area (Å²) >= 11 is 6.44. The fraction of sp³-hybridized carbons (Fsp3) is 0.211. The quantitative estimate of drug-likeness (QED) is 0.626. The van der Waals surface area contributed by atoms with Gasteiger partial charge in [0, 0.05) is 10.7 Å². The lowest BCUT2D eigenvalue weighted by molar-refractivity contribution is 0.0697. The Kier molecular flexibility index (Phi) is 4.95. The van der Waals surface area contributed by atoms with Gasteiger partial charge in [-0.3, -0.25) is 4.79 Å². The second-order valence-corrected chi connectivity index (χ2v) is 6.44. The number of H-pyrrole nitrogens is 1. The molecule has 0 bridgehead atoms. The molecule has 6 nitrogen and oxygen atoms in total.